The lowest BCUT2D eigenvalue weighted by atomic mass is 10.1. The highest BCUT2D eigenvalue weighted by Crippen LogP contribution is 2.25. The second kappa shape index (κ2) is 7.38. The molecule has 6 nitrogen and oxygen atoms in total. The molecule has 1 unspecified atom stereocenters. The molecule has 1 atom stereocenters. The summed E-state index contributed by atoms with van der Waals surface area (Å²) in [5, 5.41) is 23.7. The maximum absolute atomic E-state index is 10.9. The number of nitro groups is 1. The molecule has 1 rings (SSSR count). The molecule has 0 heterocycles. The van der Waals surface area contributed by atoms with Gasteiger partial charge in [-0.25, -0.2) is 0 Å². The number of aliphatic hydroxyl groups excluding tert-OH is 1. The number of hydrogen-bond acceptors (Lipinski definition) is 5. The maximum Gasteiger partial charge on any atom is 0.270 e. The summed E-state index contributed by atoms with van der Waals surface area (Å²) in [7, 11) is 0. The van der Waals surface area contributed by atoms with Crippen LogP contribution in [0.1, 0.15) is 39.7 Å². The van der Waals surface area contributed by atoms with Gasteiger partial charge in [0.15, 0.2) is 0 Å². The molecule has 0 saturated carbocycles. The fourth-order valence-corrected chi connectivity index (χ4v) is 1.62. The average Bonchev–Trinajstić information content (AvgIpc) is 2.41. The maximum atomic E-state index is 10.9. The topological polar surface area (TPSA) is 84.6 Å². The van der Waals surface area contributed by atoms with Gasteiger partial charge in [-0.3, -0.25) is 10.1 Å². The van der Waals surface area contributed by atoms with Crippen LogP contribution >= 0.6 is 0 Å². The van der Waals surface area contributed by atoms with Gasteiger partial charge in [-0.1, -0.05) is 6.92 Å². The van der Waals surface area contributed by atoms with E-state index in [0.29, 0.717) is 24.3 Å². The van der Waals surface area contributed by atoms with Crippen molar-refractivity contribution >= 4 is 5.69 Å². The minimum atomic E-state index is -0.538. The summed E-state index contributed by atoms with van der Waals surface area (Å²) in [5.41, 5.74) is 0.636. The van der Waals surface area contributed by atoms with Crippen molar-refractivity contribution in [3.8, 4) is 5.75 Å². The third-order valence-electron chi connectivity index (χ3n) is 2.97. The molecule has 0 fully saturated rings. The largest absolute Gasteiger partial charge is 0.491 e. The first-order chi connectivity index (χ1) is 9.73. The molecule has 0 amide bonds. The van der Waals surface area contributed by atoms with E-state index in [1.165, 1.54) is 12.1 Å². The van der Waals surface area contributed by atoms with Crippen LogP contribution in [0.3, 0.4) is 0 Å². The van der Waals surface area contributed by atoms with Crippen LogP contribution < -0.4 is 10.1 Å². The van der Waals surface area contributed by atoms with Crippen LogP contribution in [0, 0.1) is 10.1 Å². The average molecular weight is 296 g/mol. The number of nitrogens with zero attached hydrogens (tertiary/aromatic N) is 1. The summed E-state index contributed by atoms with van der Waals surface area (Å²) in [6, 6.07) is 4.50. The van der Waals surface area contributed by atoms with Crippen molar-refractivity contribution in [3.63, 3.8) is 0 Å². The van der Waals surface area contributed by atoms with E-state index in [4.69, 9.17) is 4.74 Å². The number of nitrogens with one attached hydrogen (secondary N) is 1. The predicted molar refractivity (Wildman–Crippen MR) is 81.5 cm³/mol. The van der Waals surface area contributed by atoms with Gasteiger partial charge in [0, 0.05) is 29.8 Å². The first-order valence-electron chi connectivity index (χ1n) is 7.06. The normalized spacial score (nSPS) is 13.0. The number of aliphatic hydroxyl groups is 1. The van der Waals surface area contributed by atoms with E-state index in [1.54, 1.807) is 6.07 Å². The third-order valence-corrected chi connectivity index (χ3v) is 2.97. The van der Waals surface area contributed by atoms with Crippen molar-refractivity contribution < 1.29 is 14.8 Å². The molecule has 0 saturated heterocycles. The molecule has 6 heteroatoms. The Balaban J connectivity index is 2.91. The summed E-state index contributed by atoms with van der Waals surface area (Å²) in [5.74, 6) is 0.560. The second-order valence-electron chi connectivity index (χ2n) is 6.03. The number of non-ortho nitro benzene ring substituents is 1. The molecule has 21 heavy (non-hydrogen) atoms. The Morgan fingerprint density at radius 1 is 1.43 bits per heavy atom. The van der Waals surface area contributed by atoms with Crippen LogP contribution in [0.5, 0.6) is 5.75 Å². The standard InChI is InChI=1S/C15H24N2O4/c1-5-13(18)10-21-14-7-6-12(17(19)20)8-11(14)9-16-15(2,3)4/h6-8,13,16,18H,5,9-10H2,1-4H3. The third kappa shape index (κ3) is 6.10. The van der Waals surface area contributed by atoms with Crippen LogP contribution in [0.25, 0.3) is 0 Å². The number of ether oxygens (including phenoxy) is 1. The predicted octanol–water partition coefficient (Wildman–Crippen LogP) is 2.63. The fraction of sp³-hybridized carbons (Fsp3) is 0.600. The van der Waals surface area contributed by atoms with E-state index in [2.05, 4.69) is 5.32 Å². The molecule has 1 aromatic carbocycles. The second-order valence-corrected chi connectivity index (χ2v) is 6.03. The highest BCUT2D eigenvalue weighted by molar-refractivity contribution is 5.43. The van der Waals surface area contributed by atoms with Crippen molar-refractivity contribution in [2.45, 2.75) is 52.3 Å². The summed E-state index contributed by atoms with van der Waals surface area (Å²) in [6.45, 7) is 8.56. The Labute approximate surface area is 125 Å². The SMILES string of the molecule is CCC(O)COc1ccc([N+](=O)[O-])cc1CNC(C)(C)C. The molecule has 0 aliphatic heterocycles. The molecule has 0 aromatic heterocycles. The van der Waals surface area contributed by atoms with Crippen LogP contribution in [0.4, 0.5) is 5.69 Å². The van der Waals surface area contributed by atoms with Gasteiger partial charge >= 0.3 is 0 Å². The Morgan fingerprint density at radius 3 is 2.62 bits per heavy atom. The van der Waals surface area contributed by atoms with Gasteiger partial charge in [0.05, 0.1) is 11.0 Å². The fourth-order valence-electron chi connectivity index (χ4n) is 1.62. The van der Waals surface area contributed by atoms with Gasteiger partial charge in [-0.05, 0) is 33.3 Å². The van der Waals surface area contributed by atoms with Gasteiger partial charge in [-0.2, -0.15) is 0 Å². The van der Waals surface area contributed by atoms with E-state index < -0.39 is 11.0 Å². The van der Waals surface area contributed by atoms with E-state index in [1.807, 2.05) is 27.7 Å². The van der Waals surface area contributed by atoms with Crippen LogP contribution in [0.2, 0.25) is 0 Å². The highest BCUT2D eigenvalue weighted by Gasteiger charge is 2.15. The molecule has 0 radical (unpaired) electrons. The first kappa shape index (κ1) is 17.4. The Hall–Kier alpha value is -1.66. The number of nitro benzene ring substituents is 1. The monoisotopic (exact) mass is 296 g/mol. The van der Waals surface area contributed by atoms with Crippen LogP contribution in [-0.4, -0.2) is 28.3 Å². The van der Waals surface area contributed by atoms with Gasteiger partial charge in [0.25, 0.3) is 5.69 Å². The Bertz CT molecular complexity index is 483. The summed E-state index contributed by atoms with van der Waals surface area (Å²) in [6.07, 6.45) is 0.0614. The number of benzene rings is 1. The van der Waals surface area contributed by atoms with Crippen molar-refractivity contribution in [2.24, 2.45) is 0 Å². The molecule has 0 aliphatic carbocycles. The van der Waals surface area contributed by atoms with Gasteiger partial charge in [0.1, 0.15) is 12.4 Å². The van der Waals surface area contributed by atoms with Gasteiger partial charge < -0.3 is 15.2 Å². The Kier molecular flexibility index (Phi) is 6.11. The molecular weight excluding hydrogens is 272 g/mol. The molecule has 118 valence electrons. The number of rotatable bonds is 7. The Morgan fingerprint density at radius 2 is 2.10 bits per heavy atom. The zero-order valence-electron chi connectivity index (χ0n) is 13.0. The molecular formula is C15H24N2O4. The zero-order chi connectivity index (χ0) is 16.0. The summed E-state index contributed by atoms with van der Waals surface area (Å²) < 4.78 is 5.58. The van der Waals surface area contributed by atoms with E-state index >= 15 is 0 Å². The van der Waals surface area contributed by atoms with Crippen LogP contribution in [0.15, 0.2) is 18.2 Å². The van der Waals surface area contributed by atoms with Gasteiger partial charge in [-0.15, -0.1) is 0 Å². The van der Waals surface area contributed by atoms with Crippen molar-refractivity contribution in [1.82, 2.24) is 5.32 Å². The molecule has 0 aliphatic rings. The number of hydrogen-bond donors (Lipinski definition) is 2. The van der Waals surface area contributed by atoms with E-state index in [9.17, 15) is 15.2 Å². The van der Waals surface area contributed by atoms with Crippen molar-refractivity contribution in [1.29, 1.82) is 0 Å². The lowest BCUT2D eigenvalue weighted by Gasteiger charge is -2.22. The zero-order valence-corrected chi connectivity index (χ0v) is 13.0. The minimum Gasteiger partial charge on any atom is -0.491 e. The van der Waals surface area contributed by atoms with E-state index in [-0.39, 0.29) is 17.8 Å². The van der Waals surface area contributed by atoms with Crippen LogP contribution in [-0.2, 0) is 6.54 Å². The lowest BCUT2D eigenvalue weighted by Crippen LogP contribution is -2.35. The molecule has 1 aromatic rings. The smallest absolute Gasteiger partial charge is 0.270 e. The lowest BCUT2D eigenvalue weighted by molar-refractivity contribution is -0.384. The summed E-state index contributed by atoms with van der Waals surface area (Å²) >= 11 is 0. The first-order valence-corrected chi connectivity index (χ1v) is 7.06. The molecule has 0 bridgehead atoms. The highest BCUT2D eigenvalue weighted by atomic mass is 16.6. The van der Waals surface area contributed by atoms with E-state index in [0.717, 1.165) is 0 Å². The quantitative estimate of drug-likeness (QED) is 0.597. The minimum absolute atomic E-state index is 0.0316. The summed E-state index contributed by atoms with van der Waals surface area (Å²) in [4.78, 5) is 10.5. The van der Waals surface area contributed by atoms with Crippen molar-refractivity contribution in [3.05, 3.63) is 33.9 Å². The molecule has 2 N–H and O–H groups in total. The molecule has 0 spiro atoms. The van der Waals surface area contributed by atoms with Gasteiger partial charge in [0.2, 0.25) is 0 Å². The van der Waals surface area contributed by atoms with Crippen molar-refractivity contribution in [2.75, 3.05) is 6.61 Å².